The summed E-state index contributed by atoms with van der Waals surface area (Å²) in [6.45, 7) is 2.33. The molecular weight excluding hydrogens is 461 g/mol. The van der Waals surface area contributed by atoms with Crippen molar-refractivity contribution < 1.29 is 18.9 Å². The molecule has 2 aromatic rings. The molecule has 148 valence electrons. The molecule has 7 nitrogen and oxygen atoms in total. The Balaban J connectivity index is 0.00000364. The Bertz CT molecular complexity index is 755. The van der Waals surface area contributed by atoms with Gasteiger partial charge in [0.15, 0.2) is 17.5 Å². The Kier molecular flexibility index (Phi) is 9.55. The average Bonchev–Trinajstić information content (AvgIpc) is 2.66. The standard InChI is InChI=1S/C19H25N3O4.HI/c1-13(26-16-7-5-6-15(11-16)23-2)12-21-19(20)22-14-8-9-17(24-3)18(10-14)25-4;/h5-11,13H,12H2,1-4H3,(H3,20,21,22);1H. The number of benzene rings is 2. The summed E-state index contributed by atoms with van der Waals surface area (Å²) in [5.74, 6) is 3.01. The van der Waals surface area contributed by atoms with Crippen LogP contribution in [-0.4, -0.2) is 39.9 Å². The fourth-order valence-electron chi connectivity index (χ4n) is 2.27. The number of halogens is 1. The second-order valence-corrected chi connectivity index (χ2v) is 5.53. The lowest BCUT2D eigenvalue weighted by Gasteiger charge is -2.14. The van der Waals surface area contributed by atoms with Gasteiger partial charge in [-0.2, -0.15) is 0 Å². The van der Waals surface area contributed by atoms with Gasteiger partial charge < -0.3 is 30.0 Å². The molecule has 0 heterocycles. The lowest BCUT2D eigenvalue weighted by atomic mass is 10.3. The number of nitrogens with zero attached hydrogens (tertiary/aromatic N) is 1. The van der Waals surface area contributed by atoms with E-state index >= 15 is 0 Å². The van der Waals surface area contributed by atoms with Crippen LogP contribution in [0, 0.1) is 0 Å². The van der Waals surface area contributed by atoms with Gasteiger partial charge in [-0.3, -0.25) is 0 Å². The largest absolute Gasteiger partial charge is 0.497 e. The SMILES string of the molecule is COc1cccc(OC(C)CN=C(N)Nc2ccc(OC)c(OC)c2)c1.I. The predicted octanol–water partition coefficient (Wildman–Crippen LogP) is 3.52. The Morgan fingerprint density at radius 1 is 1.00 bits per heavy atom. The highest BCUT2D eigenvalue weighted by molar-refractivity contribution is 14.0. The van der Waals surface area contributed by atoms with Crippen LogP contribution in [0.4, 0.5) is 5.69 Å². The van der Waals surface area contributed by atoms with Gasteiger partial charge in [-0.15, -0.1) is 24.0 Å². The average molecular weight is 487 g/mol. The molecule has 0 amide bonds. The van der Waals surface area contributed by atoms with Crippen LogP contribution in [0.15, 0.2) is 47.5 Å². The Morgan fingerprint density at radius 3 is 2.37 bits per heavy atom. The maximum absolute atomic E-state index is 5.95. The fraction of sp³-hybridized carbons (Fsp3) is 0.316. The van der Waals surface area contributed by atoms with Crippen molar-refractivity contribution in [1.82, 2.24) is 0 Å². The first-order chi connectivity index (χ1) is 12.5. The molecule has 0 saturated heterocycles. The van der Waals surface area contributed by atoms with E-state index in [0.29, 0.717) is 24.0 Å². The van der Waals surface area contributed by atoms with Crippen molar-refractivity contribution in [2.24, 2.45) is 10.7 Å². The Hall–Kier alpha value is -2.36. The van der Waals surface area contributed by atoms with Gasteiger partial charge >= 0.3 is 0 Å². The predicted molar refractivity (Wildman–Crippen MR) is 118 cm³/mol. The van der Waals surface area contributed by atoms with E-state index in [1.807, 2.05) is 37.3 Å². The van der Waals surface area contributed by atoms with Crippen molar-refractivity contribution in [3.63, 3.8) is 0 Å². The smallest absolute Gasteiger partial charge is 0.193 e. The van der Waals surface area contributed by atoms with Crippen LogP contribution in [0.3, 0.4) is 0 Å². The molecular formula is C19H26IN3O4. The molecule has 8 heteroatoms. The molecule has 0 radical (unpaired) electrons. The molecule has 1 atom stereocenters. The van der Waals surface area contributed by atoms with E-state index < -0.39 is 0 Å². The van der Waals surface area contributed by atoms with Gasteiger partial charge in [-0.25, -0.2) is 4.99 Å². The van der Waals surface area contributed by atoms with Crippen molar-refractivity contribution in [2.75, 3.05) is 33.2 Å². The van der Waals surface area contributed by atoms with Gasteiger partial charge in [0.05, 0.1) is 27.9 Å². The molecule has 0 spiro atoms. The Morgan fingerprint density at radius 2 is 1.70 bits per heavy atom. The number of methoxy groups -OCH3 is 3. The summed E-state index contributed by atoms with van der Waals surface area (Å²) in [6, 6.07) is 12.8. The molecule has 0 saturated carbocycles. The molecule has 1 unspecified atom stereocenters. The van der Waals surface area contributed by atoms with Gasteiger partial charge in [0.25, 0.3) is 0 Å². The van der Waals surface area contributed by atoms with Gasteiger partial charge in [-0.05, 0) is 31.2 Å². The summed E-state index contributed by atoms with van der Waals surface area (Å²) >= 11 is 0. The normalized spacial score (nSPS) is 11.8. The van der Waals surface area contributed by atoms with Crippen molar-refractivity contribution in [2.45, 2.75) is 13.0 Å². The van der Waals surface area contributed by atoms with E-state index in [2.05, 4.69) is 10.3 Å². The highest BCUT2D eigenvalue weighted by Gasteiger charge is 2.07. The number of hydrogen-bond donors (Lipinski definition) is 2. The summed E-state index contributed by atoms with van der Waals surface area (Å²) in [7, 11) is 4.79. The minimum atomic E-state index is -0.146. The number of nitrogens with one attached hydrogen (secondary N) is 1. The second kappa shape index (κ2) is 11.4. The zero-order chi connectivity index (χ0) is 18.9. The van der Waals surface area contributed by atoms with Crippen LogP contribution in [0.2, 0.25) is 0 Å². The molecule has 0 aliphatic heterocycles. The number of aliphatic imine (C=N–C) groups is 1. The van der Waals surface area contributed by atoms with E-state index in [-0.39, 0.29) is 30.1 Å². The quantitative estimate of drug-likeness (QED) is 0.337. The summed E-state index contributed by atoms with van der Waals surface area (Å²) in [5.41, 5.74) is 6.70. The lowest BCUT2D eigenvalue weighted by Crippen LogP contribution is -2.25. The molecule has 27 heavy (non-hydrogen) atoms. The minimum absolute atomic E-state index is 0. The number of rotatable bonds is 8. The molecule has 3 N–H and O–H groups in total. The molecule has 0 aromatic heterocycles. The van der Waals surface area contributed by atoms with Crippen molar-refractivity contribution in [3.05, 3.63) is 42.5 Å². The zero-order valence-electron chi connectivity index (χ0n) is 15.9. The Labute approximate surface area is 176 Å². The number of anilines is 1. The number of ether oxygens (including phenoxy) is 4. The molecule has 2 aromatic carbocycles. The summed E-state index contributed by atoms with van der Waals surface area (Å²) in [4.78, 5) is 4.31. The van der Waals surface area contributed by atoms with E-state index in [0.717, 1.165) is 17.2 Å². The monoisotopic (exact) mass is 487 g/mol. The minimum Gasteiger partial charge on any atom is -0.497 e. The summed E-state index contributed by atoms with van der Waals surface area (Å²) < 4.78 is 21.5. The number of guanidine groups is 1. The first-order valence-electron chi connectivity index (χ1n) is 8.15. The maximum Gasteiger partial charge on any atom is 0.193 e. The van der Waals surface area contributed by atoms with Crippen molar-refractivity contribution >= 4 is 35.6 Å². The van der Waals surface area contributed by atoms with Crippen molar-refractivity contribution in [3.8, 4) is 23.0 Å². The van der Waals surface area contributed by atoms with E-state index in [1.54, 1.807) is 33.5 Å². The van der Waals surface area contributed by atoms with Crippen LogP contribution >= 0.6 is 24.0 Å². The first-order valence-corrected chi connectivity index (χ1v) is 8.15. The van der Waals surface area contributed by atoms with E-state index in [1.165, 1.54) is 0 Å². The van der Waals surface area contributed by atoms with Gasteiger partial charge in [0.2, 0.25) is 0 Å². The van der Waals surface area contributed by atoms with Crippen LogP contribution in [-0.2, 0) is 0 Å². The highest BCUT2D eigenvalue weighted by atomic mass is 127. The van der Waals surface area contributed by atoms with Gasteiger partial charge in [-0.1, -0.05) is 6.07 Å². The summed E-state index contributed by atoms with van der Waals surface area (Å²) in [6.07, 6.45) is -0.146. The van der Waals surface area contributed by atoms with Gasteiger partial charge in [0.1, 0.15) is 17.6 Å². The zero-order valence-corrected chi connectivity index (χ0v) is 18.2. The van der Waals surface area contributed by atoms with E-state index in [4.69, 9.17) is 24.7 Å². The molecule has 0 fully saturated rings. The molecule has 2 rings (SSSR count). The number of nitrogens with two attached hydrogens (primary N) is 1. The highest BCUT2D eigenvalue weighted by Crippen LogP contribution is 2.29. The van der Waals surface area contributed by atoms with Crippen molar-refractivity contribution in [1.29, 1.82) is 0 Å². The van der Waals surface area contributed by atoms with Crippen LogP contribution in [0.25, 0.3) is 0 Å². The van der Waals surface area contributed by atoms with E-state index in [9.17, 15) is 0 Å². The first kappa shape index (κ1) is 22.7. The maximum atomic E-state index is 5.95. The third-order valence-corrected chi connectivity index (χ3v) is 3.55. The third-order valence-electron chi connectivity index (χ3n) is 3.55. The molecule has 0 aliphatic rings. The lowest BCUT2D eigenvalue weighted by molar-refractivity contribution is 0.229. The van der Waals surface area contributed by atoms with Crippen LogP contribution in [0.5, 0.6) is 23.0 Å². The second-order valence-electron chi connectivity index (χ2n) is 5.53. The fourth-order valence-corrected chi connectivity index (χ4v) is 2.27. The number of hydrogen-bond acceptors (Lipinski definition) is 5. The van der Waals surface area contributed by atoms with Gasteiger partial charge in [0, 0.05) is 17.8 Å². The molecule has 0 aliphatic carbocycles. The molecule has 0 bridgehead atoms. The third kappa shape index (κ3) is 7.05. The van der Waals surface area contributed by atoms with Crippen LogP contribution < -0.4 is 30.0 Å². The van der Waals surface area contributed by atoms with Crippen LogP contribution in [0.1, 0.15) is 6.92 Å². The summed E-state index contributed by atoms with van der Waals surface area (Å²) in [5, 5.41) is 3.02. The topological polar surface area (TPSA) is 87.3 Å².